The highest BCUT2D eigenvalue weighted by molar-refractivity contribution is 7.80. The fraction of sp³-hybridized carbons (Fsp3) is 0.158. The second-order valence-corrected chi connectivity index (χ2v) is 5.65. The molecule has 1 nitrogen and oxygen atoms in total. The molecule has 0 amide bonds. The number of halogens is 3. The van der Waals surface area contributed by atoms with Gasteiger partial charge in [-0.1, -0.05) is 30.3 Å². The normalized spacial score (nSPS) is 12.4. The molecule has 0 fully saturated rings. The summed E-state index contributed by atoms with van der Waals surface area (Å²) < 4.78 is 45.9. The van der Waals surface area contributed by atoms with E-state index in [1.54, 1.807) is 37.3 Å². The van der Waals surface area contributed by atoms with Gasteiger partial charge in [0, 0.05) is 16.5 Å². The van der Waals surface area contributed by atoms with Crippen LogP contribution >= 0.6 is 12.6 Å². The first kappa shape index (κ1) is 18.2. The van der Waals surface area contributed by atoms with Gasteiger partial charge in [0.2, 0.25) is 0 Å². The Labute approximate surface area is 144 Å². The van der Waals surface area contributed by atoms with Crippen LogP contribution in [0, 0.1) is 11.6 Å². The Kier molecular flexibility index (Phi) is 6.15. The molecular formula is C19H17F3OS. The van der Waals surface area contributed by atoms with Gasteiger partial charge in [0.25, 0.3) is 0 Å². The van der Waals surface area contributed by atoms with Crippen molar-refractivity contribution < 1.29 is 17.9 Å². The van der Waals surface area contributed by atoms with Crippen LogP contribution in [-0.4, -0.2) is 0 Å². The maximum absolute atomic E-state index is 14.0. The minimum absolute atomic E-state index is 0.0311. The first-order chi connectivity index (χ1) is 11.4. The molecule has 0 bridgehead atoms. The van der Waals surface area contributed by atoms with Crippen LogP contribution in [0.25, 0.3) is 11.1 Å². The van der Waals surface area contributed by atoms with Crippen LogP contribution in [0.5, 0.6) is 0 Å². The maximum atomic E-state index is 14.0. The van der Waals surface area contributed by atoms with Crippen LogP contribution < -0.4 is 0 Å². The van der Waals surface area contributed by atoms with Crippen LogP contribution in [0.4, 0.5) is 13.2 Å². The molecule has 0 N–H and O–H groups in total. The molecule has 24 heavy (non-hydrogen) atoms. The predicted molar refractivity (Wildman–Crippen MR) is 92.5 cm³/mol. The number of hydrogen-bond acceptors (Lipinski definition) is 2. The third kappa shape index (κ3) is 4.45. The average molecular weight is 350 g/mol. The molecule has 0 saturated carbocycles. The Hall–Kier alpha value is -2.14. The average Bonchev–Trinajstić information content (AvgIpc) is 2.57. The molecular weight excluding hydrogens is 333 g/mol. The maximum Gasteiger partial charge on any atom is 0.172 e. The summed E-state index contributed by atoms with van der Waals surface area (Å²) in [6, 6.07) is 9.76. The summed E-state index contributed by atoms with van der Waals surface area (Å²) in [5.74, 6) is -1.80. The van der Waals surface area contributed by atoms with Crippen LogP contribution in [0.3, 0.4) is 0 Å². The lowest BCUT2D eigenvalue weighted by Crippen LogP contribution is -1.94. The predicted octanol–water partition coefficient (Wildman–Crippen LogP) is 6.21. The zero-order chi connectivity index (χ0) is 17.7. The van der Waals surface area contributed by atoms with Crippen molar-refractivity contribution in [1.82, 2.24) is 0 Å². The van der Waals surface area contributed by atoms with E-state index >= 15 is 0 Å². The third-order valence-corrected chi connectivity index (χ3v) is 3.70. The fourth-order valence-electron chi connectivity index (χ4n) is 2.11. The number of rotatable bonds is 5. The van der Waals surface area contributed by atoms with E-state index in [2.05, 4.69) is 12.6 Å². The number of benzene rings is 2. The third-order valence-electron chi connectivity index (χ3n) is 3.36. The van der Waals surface area contributed by atoms with E-state index in [1.807, 2.05) is 0 Å². The molecule has 2 rings (SSSR count). The van der Waals surface area contributed by atoms with E-state index in [9.17, 15) is 13.2 Å². The van der Waals surface area contributed by atoms with Crippen LogP contribution in [0.15, 0.2) is 65.0 Å². The molecule has 0 saturated heterocycles. The summed E-state index contributed by atoms with van der Waals surface area (Å²) in [4.78, 5) is -0.0311. The smallest absolute Gasteiger partial charge is 0.172 e. The molecule has 0 aliphatic heterocycles. The van der Waals surface area contributed by atoms with Gasteiger partial charge in [-0.15, -0.1) is 12.6 Å². The highest BCUT2D eigenvalue weighted by atomic mass is 32.1. The van der Waals surface area contributed by atoms with Crippen molar-refractivity contribution >= 4 is 12.6 Å². The molecule has 2 aromatic rings. The Morgan fingerprint density at radius 2 is 1.75 bits per heavy atom. The van der Waals surface area contributed by atoms with Crippen molar-refractivity contribution in [3.63, 3.8) is 0 Å². The topological polar surface area (TPSA) is 9.23 Å². The van der Waals surface area contributed by atoms with Crippen LogP contribution in [0.2, 0.25) is 0 Å². The summed E-state index contributed by atoms with van der Waals surface area (Å²) in [5, 5.41) is 0. The fourth-order valence-corrected chi connectivity index (χ4v) is 2.29. The van der Waals surface area contributed by atoms with Crippen molar-refractivity contribution in [2.45, 2.75) is 25.3 Å². The Morgan fingerprint density at radius 1 is 1.08 bits per heavy atom. The van der Waals surface area contributed by atoms with E-state index in [0.717, 1.165) is 5.56 Å². The van der Waals surface area contributed by atoms with Gasteiger partial charge in [0.15, 0.2) is 11.6 Å². The quantitative estimate of drug-likeness (QED) is 0.383. The molecule has 2 aromatic carbocycles. The molecule has 5 heteroatoms. The Bertz CT molecular complexity index is 776. The number of hydrogen-bond donors (Lipinski definition) is 1. The summed E-state index contributed by atoms with van der Waals surface area (Å²) in [7, 11) is 0. The second kappa shape index (κ2) is 8.11. The van der Waals surface area contributed by atoms with Gasteiger partial charge < -0.3 is 4.74 Å². The monoisotopic (exact) mass is 350 g/mol. The number of ether oxygens (including phenoxy) is 1. The molecule has 0 spiro atoms. The zero-order valence-electron chi connectivity index (χ0n) is 13.3. The summed E-state index contributed by atoms with van der Waals surface area (Å²) in [6.07, 6.45) is 2.96. The molecule has 0 aliphatic rings. The van der Waals surface area contributed by atoms with Gasteiger partial charge >= 0.3 is 0 Å². The number of thiol groups is 1. The number of allylic oxidation sites excluding steroid dienone is 3. The zero-order valence-corrected chi connectivity index (χ0v) is 14.2. The minimum atomic E-state index is -0.964. The van der Waals surface area contributed by atoms with E-state index in [-0.39, 0.29) is 22.9 Å². The summed E-state index contributed by atoms with van der Waals surface area (Å²) in [6.45, 7) is 3.34. The van der Waals surface area contributed by atoms with Crippen molar-refractivity contribution in [2.24, 2.45) is 0 Å². The van der Waals surface area contributed by atoms with Gasteiger partial charge in [0.1, 0.15) is 18.2 Å². The van der Waals surface area contributed by atoms with Gasteiger partial charge in [0.05, 0.1) is 0 Å². The molecule has 0 atom stereocenters. The van der Waals surface area contributed by atoms with E-state index in [1.165, 1.54) is 25.1 Å². The molecule has 126 valence electrons. The van der Waals surface area contributed by atoms with E-state index in [0.29, 0.717) is 11.3 Å². The SMILES string of the molecule is C/C=C(\C=C(/C)F)OCc1ccc(-c2ccc(S)c(F)c2F)cc1. The van der Waals surface area contributed by atoms with Gasteiger partial charge in [-0.3, -0.25) is 0 Å². The lowest BCUT2D eigenvalue weighted by molar-refractivity contribution is 0.209. The van der Waals surface area contributed by atoms with E-state index in [4.69, 9.17) is 4.74 Å². The summed E-state index contributed by atoms with van der Waals surface area (Å²) in [5.41, 5.74) is 1.55. The first-order valence-electron chi connectivity index (χ1n) is 7.31. The molecule has 0 heterocycles. The summed E-state index contributed by atoms with van der Waals surface area (Å²) >= 11 is 3.85. The van der Waals surface area contributed by atoms with Crippen LogP contribution in [-0.2, 0) is 11.3 Å². The van der Waals surface area contributed by atoms with Crippen molar-refractivity contribution in [3.05, 3.63) is 77.3 Å². The van der Waals surface area contributed by atoms with Crippen molar-refractivity contribution in [3.8, 4) is 11.1 Å². The van der Waals surface area contributed by atoms with Gasteiger partial charge in [-0.05, 0) is 37.1 Å². The van der Waals surface area contributed by atoms with Crippen molar-refractivity contribution in [2.75, 3.05) is 0 Å². The lowest BCUT2D eigenvalue weighted by atomic mass is 10.0. The van der Waals surface area contributed by atoms with E-state index < -0.39 is 11.6 Å². The second-order valence-electron chi connectivity index (χ2n) is 5.17. The highest BCUT2D eigenvalue weighted by Crippen LogP contribution is 2.28. The highest BCUT2D eigenvalue weighted by Gasteiger charge is 2.12. The Morgan fingerprint density at radius 3 is 2.33 bits per heavy atom. The van der Waals surface area contributed by atoms with Crippen molar-refractivity contribution in [1.29, 1.82) is 0 Å². The largest absolute Gasteiger partial charge is 0.489 e. The van der Waals surface area contributed by atoms with Crippen LogP contribution in [0.1, 0.15) is 19.4 Å². The molecule has 0 radical (unpaired) electrons. The van der Waals surface area contributed by atoms with Gasteiger partial charge in [-0.25, -0.2) is 13.2 Å². The molecule has 0 aliphatic carbocycles. The molecule has 0 aromatic heterocycles. The lowest BCUT2D eigenvalue weighted by Gasteiger charge is -2.09. The van der Waals surface area contributed by atoms with Gasteiger partial charge in [-0.2, -0.15) is 0 Å². The molecule has 0 unspecified atom stereocenters. The standard InChI is InChI=1S/C19H17F3OS/c1-3-15(10-12(2)20)23-11-13-4-6-14(7-5-13)16-8-9-17(24)19(22)18(16)21/h3-10,24H,11H2,1-2H3/b12-10+,15-3+. The first-order valence-corrected chi connectivity index (χ1v) is 7.76. The Balaban J connectivity index is 2.14. The minimum Gasteiger partial charge on any atom is -0.489 e.